The Labute approximate surface area is 164 Å². The molecule has 3 rings (SSSR count). The molecule has 0 aliphatic heterocycles. The minimum absolute atomic E-state index is 0.144. The van der Waals surface area contributed by atoms with Gasteiger partial charge in [-0.05, 0) is 31.5 Å². The molecule has 2 aromatic heterocycles. The lowest BCUT2D eigenvalue weighted by Gasteiger charge is -2.11. The van der Waals surface area contributed by atoms with E-state index in [1.165, 1.54) is 24.0 Å². The second kappa shape index (κ2) is 8.07. The zero-order valence-electron chi connectivity index (χ0n) is 14.0. The largest absolute Gasteiger partial charge is 0.309 e. The number of nitrogens with zero attached hydrogens (tertiary/aromatic N) is 4. The van der Waals surface area contributed by atoms with Crippen molar-refractivity contribution in [3.63, 3.8) is 0 Å². The van der Waals surface area contributed by atoms with E-state index >= 15 is 0 Å². The Morgan fingerprint density at radius 3 is 2.73 bits per heavy atom. The summed E-state index contributed by atoms with van der Waals surface area (Å²) in [6.07, 6.45) is 1.42. The summed E-state index contributed by atoms with van der Waals surface area (Å²) >= 11 is 13.1. The number of hydrogen-bond acceptors (Lipinski definition) is 5. The molecule has 9 heteroatoms. The number of aromatic nitrogens is 4. The van der Waals surface area contributed by atoms with E-state index in [1.54, 1.807) is 0 Å². The fraction of sp³-hybridized carbons (Fsp3) is 0.176. The monoisotopic (exact) mass is 407 g/mol. The fourth-order valence-corrected chi connectivity index (χ4v) is 3.55. The number of carbonyl (C=O) groups excluding carboxylic acids is 1. The lowest BCUT2D eigenvalue weighted by atomic mass is 10.2. The average Bonchev–Trinajstić information content (AvgIpc) is 2.97. The zero-order valence-corrected chi connectivity index (χ0v) is 16.4. The number of pyridine rings is 1. The molecule has 1 aromatic carbocycles. The molecular formula is C17H15Cl2N5OS. The quantitative estimate of drug-likeness (QED) is 0.637. The van der Waals surface area contributed by atoms with Crippen molar-refractivity contribution in [2.75, 3.05) is 11.1 Å². The summed E-state index contributed by atoms with van der Waals surface area (Å²) in [7, 11) is 0. The predicted octanol–water partition coefficient (Wildman–Crippen LogP) is 4.32. The third-order valence-corrected chi connectivity index (χ3v) is 4.97. The molecule has 0 atom stereocenters. The van der Waals surface area contributed by atoms with Crippen LogP contribution < -0.4 is 5.32 Å². The van der Waals surface area contributed by atoms with Crippen molar-refractivity contribution in [3.05, 3.63) is 58.0 Å². The molecule has 0 spiro atoms. The fourth-order valence-electron chi connectivity index (χ4n) is 2.33. The first-order valence-corrected chi connectivity index (χ1v) is 9.41. The molecule has 134 valence electrons. The SMILES string of the molecule is Cc1ccccc1-n1c(C)nnc1SCC(=O)Nc1ncc(Cl)cc1Cl. The van der Waals surface area contributed by atoms with Crippen molar-refractivity contribution in [1.29, 1.82) is 0 Å². The number of halogens is 2. The molecule has 1 N–H and O–H groups in total. The van der Waals surface area contributed by atoms with Crippen molar-refractivity contribution in [1.82, 2.24) is 19.7 Å². The number of rotatable bonds is 5. The van der Waals surface area contributed by atoms with E-state index in [0.717, 1.165) is 17.1 Å². The van der Waals surface area contributed by atoms with Crippen LogP contribution in [0.5, 0.6) is 0 Å². The molecule has 0 saturated carbocycles. The molecule has 0 aliphatic rings. The lowest BCUT2D eigenvalue weighted by Crippen LogP contribution is -2.16. The first-order chi connectivity index (χ1) is 12.5. The van der Waals surface area contributed by atoms with Crippen LogP contribution in [-0.4, -0.2) is 31.4 Å². The maximum absolute atomic E-state index is 12.2. The maximum atomic E-state index is 12.2. The summed E-state index contributed by atoms with van der Waals surface area (Å²) in [6.45, 7) is 3.89. The second-order valence-electron chi connectivity index (χ2n) is 5.47. The number of para-hydroxylation sites is 1. The van der Waals surface area contributed by atoms with Gasteiger partial charge in [-0.15, -0.1) is 10.2 Å². The van der Waals surface area contributed by atoms with Gasteiger partial charge in [-0.25, -0.2) is 4.98 Å². The van der Waals surface area contributed by atoms with Gasteiger partial charge >= 0.3 is 0 Å². The van der Waals surface area contributed by atoms with Gasteiger partial charge in [0.2, 0.25) is 5.91 Å². The third-order valence-electron chi connectivity index (χ3n) is 3.55. The van der Waals surface area contributed by atoms with Crippen LogP contribution in [0.3, 0.4) is 0 Å². The lowest BCUT2D eigenvalue weighted by molar-refractivity contribution is -0.113. The van der Waals surface area contributed by atoms with Crippen LogP contribution in [0.15, 0.2) is 41.7 Å². The first-order valence-electron chi connectivity index (χ1n) is 7.67. The number of aryl methyl sites for hydroxylation is 2. The van der Waals surface area contributed by atoms with Gasteiger partial charge in [0.25, 0.3) is 0 Å². The van der Waals surface area contributed by atoms with Gasteiger partial charge in [0.1, 0.15) is 5.82 Å². The minimum Gasteiger partial charge on any atom is -0.309 e. The molecule has 0 bridgehead atoms. The van der Waals surface area contributed by atoms with Crippen LogP contribution in [0.4, 0.5) is 5.82 Å². The van der Waals surface area contributed by atoms with Gasteiger partial charge in [0.15, 0.2) is 11.0 Å². The zero-order chi connectivity index (χ0) is 18.7. The number of amides is 1. The molecule has 1 amide bonds. The summed E-state index contributed by atoms with van der Waals surface area (Å²) in [5.74, 6) is 0.927. The Hall–Kier alpha value is -2.09. The van der Waals surface area contributed by atoms with Crippen LogP contribution in [-0.2, 0) is 4.79 Å². The molecule has 26 heavy (non-hydrogen) atoms. The van der Waals surface area contributed by atoms with Crippen molar-refractivity contribution < 1.29 is 4.79 Å². The highest BCUT2D eigenvalue weighted by molar-refractivity contribution is 7.99. The number of thioether (sulfide) groups is 1. The van der Waals surface area contributed by atoms with Crippen LogP contribution in [0, 0.1) is 13.8 Å². The van der Waals surface area contributed by atoms with Gasteiger partial charge in [-0.2, -0.15) is 0 Å². The van der Waals surface area contributed by atoms with E-state index in [4.69, 9.17) is 23.2 Å². The molecule has 2 heterocycles. The molecule has 3 aromatic rings. The summed E-state index contributed by atoms with van der Waals surface area (Å²) in [5.41, 5.74) is 2.08. The normalized spacial score (nSPS) is 10.8. The summed E-state index contributed by atoms with van der Waals surface area (Å²) in [6, 6.07) is 9.47. The van der Waals surface area contributed by atoms with Crippen LogP contribution in [0.1, 0.15) is 11.4 Å². The van der Waals surface area contributed by atoms with Crippen LogP contribution in [0.2, 0.25) is 10.0 Å². The number of benzene rings is 1. The highest BCUT2D eigenvalue weighted by Crippen LogP contribution is 2.25. The maximum Gasteiger partial charge on any atom is 0.236 e. The molecule has 6 nitrogen and oxygen atoms in total. The van der Waals surface area contributed by atoms with Crippen LogP contribution >= 0.6 is 35.0 Å². The van der Waals surface area contributed by atoms with Gasteiger partial charge in [-0.1, -0.05) is 53.2 Å². The van der Waals surface area contributed by atoms with Gasteiger partial charge in [0, 0.05) is 6.20 Å². The molecule has 0 radical (unpaired) electrons. The Kier molecular flexibility index (Phi) is 5.80. The van der Waals surface area contributed by atoms with Crippen molar-refractivity contribution >= 4 is 46.7 Å². The van der Waals surface area contributed by atoms with Gasteiger partial charge < -0.3 is 5.32 Å². The van der Waals surface area contributed by atoms with E-state index in [2.05, 4.69) is 20.5 Å². The summed E-state index contributed by atoms with van der Waals surface area (Å²) < 4.78 is 1.93. The standard InChI is InChI=1S/C17H15Cl2N5OS/c1-10-5-3-4-6-14(10)24-11(2)22-23-17(24)26-9-15(25)21-16-13(19)7-12(18)8-20-16/h3-8H,9H2,1-2H3,(H,20,21,25). The predicted molar refractivity (Wildman–Crippen MR) is 104 cm³/mol. The summed E-state index contributed by atoms with van der Waals surface area (Å²) in [4.78, 5) is 16.2. The van der Waals surface area contributed by atoms with Crippen molar-refractivity contribution in [3.8, 4) is 5.69 Å². The molecule has 0 unspecified atom stereocenters. The number of anilines is 1. The Morgan fingerprint density at radius 1 is 1.23 bits per heavy atom. The van der Waals surface area contributed by atoms with E-state index in [1.807, 2.05) is 42.7 Å². The van der Waals surface area contributed by atoms with Gasteiger partial charge in [-0.3, -0.25) is 9.36 Å². The number of nitrogens with one attached hydrogen (secondary N) is 1. The Balaban J connectivity index is 1.73. The average molecular weight is 408 g/mol. The highest BCUT2D eigenvalue weighted by Gasteiger charge is 2.15. The molecule has 0 saturated heterocycles. The highest BCUT2D eigenvalue weighted by atomic mass is 35.5. The van der Waals surface area contributed by atoms with Crippen molar-refractivity contribution in [2.45, 2.75) is 19.0 Å². The third kappa shape index (κ3) is 4.17. The van der Waals surface area contributed by atoms with Crippen LogP contribution in [0.25, 0.3) is 5.69 Å². The number of carbonyl (C=O) groups is 1. The Bertz CT molecular complexity index is 960. The van der Waals surface area contributed by atoms with E-state index in [9.17, 15) is 4.79 Å². The molecular weight excluding hydrogens is 393 g/mol. The topological polar surface area (TPSA) is 72.7 Å². The number of hydrogen-bond donors (Lipinski definition) is 1. The smallest absolute Gasteiger partial charge is 0.236 e. The van der Waals surface area contributed by atoms with Gasteiger partial charge in [0.05, 0.1) is 21.5 Å². The van der Waals surface area contributed by atoms with E-state index in [-0.39, 0.29) is 22.5 Å². The first kappa shape index (κ1) is 18.7. The van der Waals surface area contributed by atoms with E-state index in [0.29, 0.717) is 10.2 Å². The Morgan fingerprint density at radius 2 is 2.00 bits per heavy atom. The van der Waals surface area contributed by atoms with E-state index < -0.39 is 0 Å². The minimum atomic E-state index is -0.247. The van der Waals surface area contributed by atoms with Crippen molar-refractivity contribution in [2.24, 2.45) is 0 Å². The summed E-state index contributed by atoms with van der Waals surface area (Å²) in [5, 5.41) is 12.3. The molecule has 0 aliphatic carbocycles. The molecule has 0 fully saturated rings. The second-order valence-corrected chi connectivity index (χ2v) is 7.26.